The van der Waals surface area contributed by atoms with Gasteiger partial charge < -0.3 is 0 Å². The summed E-state index contributed by atoms with van der Waals surface area (Å²) in [6, 6.07) is 11.8. The van der Waals surface area contributed by atoms with Gasteiger partial charge in [-0.2, -0.15) is 0 Å². The summed E-state index contributed by atoms with van der Waals surface area (Å²) < 4.78 is 69.6. The summed E-state index contributed by atoms with van der Waals surface area (Å²) in [7, 11) is -4.33. The molecule has 0 aliphatic rings. The van der Waals surface area contributed by atoms with Gasteiger partial charge in [-0.05, 0) is 79.6 Å². The molecular formula is C21H16ClF3NO2S. The largest absolute Gasteiger partial charge is 0.264 e. The van der Waals surface area contributed by atoms with E-state index in [-0.39, 0.29) is 4.90 Å². The molecule has 3 aromatic rings. The molecule has 3 nitrogen and oxygen atoms in total. The molecule has 0 bridgehead atoms. The van der Waals surface area contributed by atoms with Crippen LogP contribution in [0.25, 0.3) is 0 Å². The van der Waals surface area contributed by atoms with Crippen LogP contribution >= 0.6 is 11.6 Å². The van der Waals surface area contributed by atoms with Crippen molar-refractivity contribution in [2.45, 2.75) is 24.8 Å². The Morgan fingerprint density at radius 1 is 1.00 bits per heavy atom. The van der Waals surface area contributed by atoms with Crippen LogP contribution < -0.4 is 4.31 Å². The molecule has 1 atom stereocenters. The maximum absolute atomic E-state index is 14.6. The van der Waals surface area contributed by atoms with Gasteiger partial charge >= 0.3 is 0 Å². The Morgan fingerprint density at radius 2 is 1.66 bits per heavy atom. The van der Waals surface area contributed by atoms with E-state index in [0.29, 0.717) is 16.1 Å². The number of aryl methyl sites for hydroxylation is 1. The second kappa shape index (κ2) is 8.08. The van der Waals surface area contributed by atoms with Crippen LogP contribution in [0.2, 0.25) is 5.02 Å². The maximum atomic E-state index is 14.6. The lowest BCUT2D eigenvalue weighted by Crippen LogP contribution is -2.35. The Balaban J connectivity index is 2.24. The number of hydrogen-bond donors (Lipinski definition) is 0. The third kappa shape index (κ3) is 4.26. The third-order valence-electron chi connectivity index (χ3n) is 4.43. The molecule has 0 amide bonds. The summed E-state index contributed by atoms with van der Waals surface area (Å²) in [4.78, 5) is -0.155. The van der Waals surface area contributed by atoms with Crippen LogP contribution in [0.1, 0.15) is 24.1 Å². The zero-order valence-corrected chi connectivity index (χ0v) is 17.0. The molecule has 0 aliphatic carbocycles. The minimum Gasteiger partial charge on any atom is -0.256 e. The minimum absolute atomic E-state index is 0.155. The predicted octanol–water partition coefficient (Wildman–Crippen LogP) is 5.82. The van der Waals surface area contributed by atoms with Crippen LogP contribution in [0.3, 0.4) is 0 Å². The molecule has 0 heterocycles. The average Bonchev–Trinajstić information content (AvgIpc) is 2.65. The summed E-state index contributed by atoms with van der Waals surface area (Å²) in [5.41, 5.74) is 0.280. The van der Waals surface area contributed by atoms with E-state index < -0.39 is 39.2 Å². The lowest BCUT2D eigenvalue weighted by atomic mass is 10.0. The van der Waals surface area contributed by atoms with Crippen LogP contribution in [-0.4, -0.2) is 8.42 Å². The zero-order valence-electron chi connectivity index (χ0n) is 15.5. The quantitative estimate of drug-likeness (QED) is 0.503. The maximum Gasteiger partial charge on any atom is 0.264 e. The Labute approximate surface area is 172 Å². The Bertz CT molecular complexity index is 1150. The molecule has 0 saturated heterocycles. The predicted molar refractivity (Wildman–Crippen MR) is 106 cm³/mol. The summed E-state index contributed by atoms with van der Waals surface area (Å²) in [6.07, 6.45) is 0. The number of anilines is 1. The lowest BCUT2D eigenvalue weighted by molar-refractivity contribution is 0.569. The standard InChI is InChI=1S/C21H16ClF3NO2S/c1-13-11-16(23)5-9-19(13)14(2)26(21-12-17(24)6-10-20(21)25)29(27,28)18-7-3-15(22)4-8-18/h3-8,10-12,14H,1-2H3/t14-/m1/s1. The summed E-state index contributed by atoms with van der Waals surface area (Å²) in [6.45, 7) is 3.08. The molecule has 8 heteroatoms. The van der Waals surface area contributed by atoms with Gasteiger partial charge in [0.1, 0.15) is 17.5 Å². The van der Waals surface area contributed by atoms with E-state index in [0.717, 1.165) is 28.6 Å². The fourth-order valence-electron chi connectivity index (χ4n) is 3.08. The van der Waals surface area contributed by atoms with Crippen molar-refractivity contribution in [3.05, 3.63) is 94.3 Å². The van der Waals surface area contributed by atoms with Gasteiger partial charge in [-0.1, -0.05) is 11.6 Å². The van der Waals surface area contributed by atoms with Crippen molar-refractivity contribution >= 4 is 27.3 Å². The fourth-order valence-corrected chi connectivity index (χ4v) is 4.83. The Hall–Kier alpha value is -2.51. The van der Waals surface area contributed by atoms with E-state index >= 15 is 0 Å². The van der Waals surface area contributed by atoms with Crippen LogP contribution in [0.15, 0.2) is 59.5 Å². The molecular weight excluding hydrogens is 423 g/mol. The average molecular weight is 439 g/mol. The summed E-state index contributed by atoms with van der Waals surface area (Å²) in [5.74, 6) is -2.26. The lowest BCUT2D eigenvalue weighted by Gasteiger charge is -2.31. The van der Waals surface area contributed by atoms with E-state index in [1.165, 1.54) is 37.3 Å². The fraction of sp³-hybridized carbons (Fsp3) is 0.143. The van der Waals surface area contributed by atoms with Gasteiger partial charge in [0.25, 0.3) is 10.0 Å². The van der Waals surface area contributed by atoms with Crippen molar-refractivity contribution in [3.63, 3.8) is 0 Å². The van der Waals surface area contributed by atoms with Gasteiger partial charge in [0, 0.05) is 11.1 Å². The molecule has 151 valence electrons. The second-order valence-corrected chi connectivity index (χ2v) is 8.69. The first-order valence-corrected chi connectivity index (χ1v) is 10.4. The number of halogens is 4. The van der Waals surface area contributed by atoms with E-state index in [1.807, 2.05) is 0 Å². The molecule has 0 fully saturated rings. The molecule has 0 unspecified atom stereocenters. The third-order valence-corrected chi connectivity index (χ3v) is 6.58. The van der Waals surface area contributed by atoms with Gasteiger partial charge in [0.05, 0.1) is 16.6 Å². The van der Waals surface area contributed by atoms with E-state index in [4.69, 9.17) is 11.6 Å². The highest BCUT2D eigenvalue weighted by Gasteiger charge is 2.33. The van der Waals surface area contributed by atoms with Crippen molar-refractivity contribution in [1.82, 2.24) is 0 Å². The Kier molecular flexibility index (Phi) is 5.91. The van der Waals surface area contributed by atoms with Crippen LogP contribution in [0.5, 0.6) is 0 Å². The van der Waals surface area contributed by atoms with Gasteiger partial charge in [-0.3, -0.25) is 4.31 Å². The number of sulfonamides is 1. The highest BCUT2D eigenvalue weighted by molar-refractivity contribution is 7.92. The SMILES string of the molecule is Cc1cc(F)c[c]c1[C@@H](C)N(c1cc(F)ccc1F)S(=O)(=O)c1ccc(Cl)cc1. The van der Waals surface area contributed by atoms with Gasteiger partial charge in [0.15, 0.2) is 0 Å². The molecule has 3 aromatic carbocycles. The van der Waals surface area contributed by atoms with Gasteiger partial charge in [0.2, 0.25) is 0 Å². The molecule has 0 aliphatic heterocycles. The minimum atomic E-state index is -4.33. The molecule has 0 saturated carbocycles. The molecule has 1 radical (unpaired) electrons. The van der Waals surface area contributed by atoms with Crippen LogP contribution in [0, 0.1) is 30.4 Å². The monoisotopic (exact) mass is 438 g/mol. The highest BCUT2D eigenvalue weighted by atomic mass is 35.5. The normalized spacial score (nSPS) is 12.6. The van der Waals surface area contributed by atoms with E-state index in [9.17, 15) is 21.6 Å². The van der Waals surface area contributed by atoms with E-state index in [1.54, 1.807) is 6.92 Å². The summed E-state index contributed by atoms with van der Waals surface area (Å²) >= 11 is 5.84. The van der Waals surface area contributed by atoms with E-state index in [2.05, 4.69) is 6.07 Å². The zero-order chi connectivity index (χ0) is 21.3. The molecule has 29 heavy (non-hydrogen) atoms. The Morgan fingerprint density at radius 3 is 2.28 bits per heavy atom. The molecule has 0 aromatic heterocycles. The topological polar surface area (TPSA) is 37.4 Å². The van der Waals surface area contributed by atoms with Gasteiger partial charge in [-0.25, -0.2) is 21.6 Å². The van der Waals surface area contributed by atoms with Crippen LogP contribution in [0.4, 0.5) is 18.9 Å². The number of benzene rings is 3. The highest BCUT2D eigenvalue weighted by Crippen LogP contribution is 2.36. The first-order valence-electron chi connectivity index (χ1n) is 8.54. The molecule has 0 spiro atoms. The van der Waals surface area contributed by atoms with Gasteiger partial charge in [-0.15, -0.1) is 0 Å². The number of hydrogen-bond acceptors (Lipinski definition) is 2. The van der Waals surface area contributed by atoms with Crippen molar-refractivity contribution in [3.8, 4) is 0 Å². The summed E-state index contributed by atoms with van der Waals surface area (Å²) in [5, 5.41) is 0.322. The first-order chi connectivity index (χ1) is 13.6. The second-order valence-electron chi connectivity index (χ2n) is 6.44. The smallest absolute Gasteiger partial charge is 0.256 e. The molecule has 0 N–H and O–H groups in total. The van der Waals surface area contributed by atoms with Crippen molar-refractivity contribution in [2.24, 2.45) is 0 Å². The van der Waals surface area contributed by atoms with Crippen molar-refractivity contribution < 1.29 is 21.6 Å². The first kappa shape index (κ1) is 21.2. The van der Waals surface area contributed by atoms with Crippen LogP contribution in [-0.2, 0) is 10.0 Å². The molecule has 3 rings (SSSR count). The van der Waals surface area contributed by atoms with Crippen molar-refractivity contribution in [1.29, 1.82) is 0 Å². The van der Waals surface area contributed by atoms with Crippen molar-refractivity contribution in [2.75, 3.05) is 4.31 Å². The number of rotatable bonds is 5. The number of nitrogens with zero attached hydrogens (tertiary/aromatic N) is 1.